The molecule has 2 atom stereocenters. The number of primary amides is 2. The Labute approximate surface area is 424 Å². The van der Waals surface area contributed by atoms with Crippen LogP contribution in [0.1, 0.15) is 73.9 Å². The molecule has 4 amide bonds. The van der Waals surface area contributed by atoms with Gasteiger partial charge in [0.05, 0.1) is 22.8 Å². The summed E-state index contributed by atoms with van der Waals surface area (Å²) in [6.07, 6.45) is 4.79. The molecule has 370 valence electrons. The first-order valence-electron chi connectivity index (χ1n) is 24.0. The quantitative estimate of drug-likeness (QED) is 0.0690. The Morgan fingerprint density at radius 2 is 0.932 bits per heavy atom. The highest BCUT2D eigenvalue weighted by molar-refractivity contribution is 6.38. The zero-order chi connectivity index (χ0) is 52.0. The van der Waals surface area contributed by atoms with E-state index in [-0.39, 0.29) is 24.2 Å². The lowest BCUT2D eigenvalue weighted by atomic mass is 10.0. The Hall–Kier alpha value is -9.04. The molecular formula is C59H58N8O6. The molecule has 6 aromatic carbocycles. The van der Waals surface area contributed by atoms with Gasteiger partial charge in [0.25, 0.3) is 23.6 Å². The van der Waals surface area contributed by atoms with Gasteiger partial charge in [-0.05, 0) is 103 Å². The third kappa shape index (κ3) is 14.1. The van der Waals surface area contributed by atoms with E-state index in [0.717, 1.165) is 38.9 Å². The van der Waals surface area contributed by atoms with Crippen molar-refractivity contribution in [3.05, 3.63) is 215 Å². The zero-order valence-corrected chi connectivity index (χ0v) is 41.2. The lowest BCUT2D eigenvalue weighted by Crippen LogP contribution is -2.47. The molecule has 6 N–H and O–H groups in total. The van der Waals surface area contributed by atoms with E-state index in [1.165, 1.54) is 34.2 Å². The van der Waals surface area contributed by atoms with Crippen LogP contribution in [0.3, 0.4) is 0 Å². The number of amides is 4. The second-order valence-electron chi connectivity index (χ2n) is 17.9. The highest BCUT2D eigenvalue weighted by atomic mass is 16.2. The molecule has 0 aliphatic heterocycles. The monoisotopic (exact) mass is 974 g/mol. The molecule has 0 radical (unpaired) electrons. The fraction of sp³-hybridized carbons (Fsp3) is 0.186. The molecule has 2 unspecified atom stereocenters. The minimum Gasteiger partial charge on any atom is -0.363 e. The van der Waals surface area contributed by atoms with E-state index < -0.39 is 47.3 Å². The zero-order valence-electron chi connectivity index (χ0n) is 41.2. The van der Waals surface area contributed by atoms with E-state index >= 15 is 0 Å². The van der Waals surface area contributed by atoms with Gasteiger partial charge in [-0.3, -0.25) is 28.8 Å². The molecule has 73 heavy (non-hydrogen) atoms. The Morgan fingerprint density at radius 3 is 1.40 bits per heavy atom. The number of nitrogens with zero attached hydrogens (tertiary/aromatic N) is 4. The smallest absolute Gasteiger partial charge is 0.287 e. The summed E-state index contributed by atoms with van der Waals surface area (Å²) in [6.45, 7) is 7.66. The van der Waals surface area contributed by atoms with Gasteiger partial charge in [0.15, 0.2) is 0 Å². The van der Waals surface area contributed by atoms with Gasteiger partial charge in [0.1, 0.15) is 23.5 Å². The van der Waals surface area contributed by atoms with Crippen LogP contribution in [0.25, 0.3) is 33.6 Å². The highest BCUT2D eigenvalue weighted by Crippen LogP contribution is 2.26. The number of hydrogen-bond acceptors (Lipinski definition) is 8. The summed E-state index contributed by atoms with van der Waals surface area (Å²) in [5.41, 5.74) is 21.8. The Balaban J connectivity index is 0.000000202. The van der Waals surface area contributed by atoms with E-state index in [2.05, 4.69) is 46.0 Å². The fourth-order valence-corrected chi connectivity index (χ4v) is 7.96. The fourth-order valence-electron chi connectivity index (χ4n) is 7.96. The molecule has 0 saturated heterocycles. The van der Waals surface area contributed by atoms with Gasteiger partial charge in [-0.25, -0.2) is 9.36 Å². The summed E-state index contributed by atoms with van der Waals surface area (Å²) >= 11 is 0. The molecule has 8 aromatic rings. The van der Waals surface area contributed by atoms with Crippen molar-refractivity contribution in [3.63, 3.8) is 0 Å². The summed E-state index contributed by atoms with van der Waals surface area (Å²) in [4.78, 5) is 74.8. The maximum atomic E-state index is 13.3. The number of ketones is 2. The summed E-state index contributed by atoms with van der Waals surface area (Å²) in [5.74, 6) is -4.95. The van der Waals surface area contributed by atoms with Crippen LogP contribution in [-0.2, 0) is 32.0 Å². The summed E-state index contributed by atoms with van der Waals surface area (Å²) < 4.78 is 3.07. The molecule has 2 heterocycles. The molecular weight excluding hydrogens is 917 g/mol. The van der Waals surface area contributed by atoms with Crippen LogP contribution in [0.5, 0.6) is 0 Å². The minimum atomic E-state index is -1.10. The van der Waals surface area contributed by atoms with Crippen LogP contribution in [0.4, 0.5) is 0 Å². The maximum Gasteiger partial charge on any atom is 0.287 e. The number of benzene rings is 6. The van der Waals surface area contributed by atoms with Gasteiger partial charge >= 0.3 is 0 Å². The number of rotatable bonds is 16. The number of nitrogens with one attached hydrogen (secondary N) is 2. The molecule has 1 aliphatic rings. The van der Waals surface area contributed by atoms with Crippen molar-refractivity contribution in [3.8, 4) is 33.6 Å². The van der Waals surface area contributed by atoms with Gasteiger partial charge in [0, 0.05) is 12.8 Å². The van der Waals surface area contributed by atoms with Crippen LogP contribution in [0.2, 0.25) is 0 Å². The molecule has 1 saturated carbocycles. The van der Waals surface area contributed by atoms with E-state index in [1.54, 1.807) is 26.0 Å². The van der Waals surface area contributed by atoms with Crippen LogP contribution in [0, 0.1) is 27.7 Å². The molecule has 1 aliphatic carbocycles. The average Bonchev–Trinajstić information content (AvgIpc) is 4.15. The standard InChI is InChI=1S/2C28H26N4O3.C3H6/c1-18-8-6-11-21(14-18)22-12-7-13-23(17-22)32-25(15-19(2)31-32)28(35)30-24(26(33)27(29)34)16-20-9-4-3-5-10-20;1-18-8-6-7-11-23(18)21-12-14-22(15-13-21)32-25(16-19(2)31-32)28(35)30-24(26(33)27(29)34)17-20-9-4-3-5-10-20;1-2-3-1/h3-15,17,24H,16H2,1-2H3,(H2,29,34)(H,30,35);3-16,24H,17H2,1-2H3,(H2,29,34)(H,30,35);1-3H2. The number of carbonyl (C=O) groups is 6. The van der Waals surface area contributed by atoms with Crippen LogP contribution >= 0.6 is 0 Å². The maximum absolute atomic E-state index is 13.3. The highest BCUT2D eigenvalue weighted by Gasteiger charge is 2.29. The van der Waals surface area contributed by atoms with Crippen molar-refractivity contribution in [1.29, 1.82) is 0 Å². The second kappa shape index (κ2) is 24.2. The van der Waals surface area contributed by atoms with Crippen molar-refractivity contribution in [2.24, 2.45) is 11.5 Å². The molecule has 1 fully saturated rings. The molecule has 0 bridgehead atoms. The molecule has 9 rings (SSSR count). The predicted molar refractivity (Wildman–Crippen MR) is 282 cm³/mol. The number of nitrogens with two attached hydrogens (primary N) is 2. The van der Waals surface area contributed by atoms with Crippen molar-refractivity contribution >= 4 is 35.2 Å². The van der Waals surface area contributed by atoms with Crippen molar-refractivity contribution in [2.45, 2.75) is 71.9 Å². The van der Waals surface area contributed by atoms with E-state index in [0.29, 0.717) is 22.8 Å². The van der Waals surface area contributed by atoms with Crippen LogP contribution in [-0.4, -0.2) is 66.8 Å². The summed E-state index contributed by atoms with van der Waals surface area (Å²) in [7, 11) is 0. The third-order valence-electron chi connectivity index (χ3n) is 11.8. The predicted octanol–water partition coefficient (Wildman–Crippen LogP) is 8.27. The average molecular weight is 975 g/mol. The van der Waals surface area contributed by atoms with Gasteiger partial charge < -0.3 is 22.1 Å². The van der Waals surface area contributed by atoms with E-state index in [1.807, 2.05) is 146 Å². The van der Waals surface area contributed by atoms with Gasteiger partial charge in [-0.1, -0.05) is 158 Å². The summed E-state index contributed by atoms with van der Waals surface area (Å²) in [5, 5.41) is 14.3. The van der Waals surface area contributed by atoms with Crippen LogP contribution in [0.15, 0.2) is 170 Å². The van der Waals surface area contributed by atoms with Gasteiger partial charge in [-0.15, -0.1) is 0 Å². The SMILES string of the molecule is C1CC1.Cc1cc(C(=O)NC(Cc2ccccc2)C(=O)C(N)=O)n(-c2ccc(-c3ccccc3C)cc2)n1.Cc1cccc(-c2cccc(-n3nc(C)cc3C(=O)NC(Cc3ccccc3)C(=O)C(N)=O)c2)c1. The minimum absolute atomic E-state index is 0.143. The summed E-state index contributed by atoms with van der Waals surface area (Å²) in [6, 6.07) is 51.0. The van der Waals surface area contributed by atoms with Crippen molar-refractivity contribution in [1.82, 2.24) is 30.2 Å². The first-order valence-corrected chi connectivity index (χ1v) is 24.0. The number of carbonyl (C=O) groups excluding carboxylic acids is 6. The Morgan fingerprint density at radius 1 is 0.479 bits per heavy atom. The number of hydrogen-bond donors (Lipinski definition) is 4. The van der Waals surface area contributed by atoms with Crippen molar-refractivity contribution < 1.29 is 28.8 Å². The molecule has 14 heteroatoms. The first kappa shape index (κ1) is 51.8. The largest absolute Gasteiger partial charge is 0.363 e. The van der Waals surface area contributed by atoms with Crippen LogP contribution < -0.4 is 22.1 Å². The van der Waals surface area contributed by atoms with Crippen molar-refractivity contribution in [2.75, 3.05) is 0 Å². The van der Waals surface area contributed by atoms with E-state index in [4.69, 9.17) is 11.5 Å². The number of Topliss-reactive ketones (excluding diaryl/α,β-unsaturated/α-hetero) is 2. The molecule has 14 nitrogen and oxygen atoms in total. The first-order chi connectivity index (χ1) is 35.1. The topological polar surface area (TPSA) is 214 Å². The normalized spacial score (nSPS) is 12.1. The van der Waals surface area contributed by atoms with Gasteiger partial charge in [-0.2, -0.15) is 10.2 Å². The number of aromatic nitrogens is 4. The van der Waals surface area contributed by atoms with Gasteiger partial charge in [0.2, 0.25) is 11.6 Å². The second-order valence-corrected chi connectivity index (χ2v) is 17.9. The Kier molecular flexibility index (Phi) is 17.2. The Bertz CT molecular complexity index is 3250. The number of aryl methyl sites for hydroxylation is 4. The molecule has 2 aromatic heterocycles. The van der Waals surface area contributed by atoms with E-state index in [9.17, 15) is 28.8 Å². The molecule has 0 spiro atoms. The lowest BCUT2D eigenvalue weighted by Gasteiger charge is -2.17. The third-order valence-corrected chi connectivity index (χ3v) is 11.8. The lowest BCUT2D eigenvalue weighted by molar-refractivity contribution is -0.137.